The van der Waals surface area contributed by atoms with Gasteiger partial charge in [0.2, 0.25) is 0 Å². The standard InChI is InChI=1S/C9H8F2N2O/c1-5-6(3-12)2-7(9(10)11)8(4-14)13-5/h2,9,14H,4H2,1H3. The third-order valence-electron chi connectivity index (χ3n) is 1.83. The van der Waals surface area contributed by atoms with Gasteiger partial charge in [0.1, 0.15) is 6.07 Å². The molecule has 0 amide bonds. The number of aliphatic hydroxyl groups excluding tert-OH is 1. The molecule has 0 fully saturated rings. The fourth-order valence-electron chi connectivity index (χ4n) is 1.10. The van der Waals surface area contributed by atoms with Crippen LogP contribution < -0.4 is 0 Å². The van der Waals surface area contributed by atoms with Crippen LogP contribution in [0.4, 0.5) is 8.78 Å². The van der Waals surface area contributed by atoms with E-state index in [1.165, 1.54) is 6.92 Å². The average molecular weight is 198 g/mol. The SMILES string of the molecule is Cc1nc(CO)c(C(F)F)cc1C#N. The summed E-state index contributed by atoms with van der Waals surface area (Å²) in [4.78, 5) is 3.73. The summed E-state index contributed by atoms with van der Waals surface area (Å²) in [5, 5.41) is 17.4. The summed E-state index contributed by atoms with van der Waals surface area (Å²) in [6.07, 6.45) is -2.72. The topological polar surface area (TPSA) is 56.9 Å². The second-order valence-electron chi connectivity index (χ2n) is 2.73. The van der Waals surface area contributed by atoms with Crippen LogP contribution in [0.5, 0.6) is 0 Å². The predicted molar refractivity (Wildman–Crippen MR) is 44.6 cm³/mol. The predicted octanol–water partition coefficient (Wildman–Crippen LogP) is 1.69. The molecule has 0 aromatic carbocycles. The van der Waals surface area contributed by atoms with Gasteiger partial charge in [-0.1, -0.05) is 0 Å². The van der Waals surface area contributed by atoms with Crippen molar-refractivity contribution >= 4 is 0 Å². The van der Waals surface area contributed by atoms with E-state index in [-0.39, 0.29) is 16.8 Å². The Hall–Kier alpha value is -1.54. The lowest BCUT2D eigenvalue weighted by Gasteiger charge is -2.07. The van der Waals surface area contributed by atoms with Crippen LogP contribution in [0, 0.1) is 18.3 Å². The van der Waals surface area contributed by atoms with Crippen LogP contribution in [0.15, 0.2) is 6.07 Å². The van der Waals surface area contributed by atoms with E-state index < -0.39 is 13.0 Å². The Morgan fingerprint density at radius 1 is 1.64 bits per heavy atom. The van der Waals surface area contributed by atoms with Gasteiger partial charge < -0.3 is 5.11 Å². The minimum absolute atomic E-state index is 0.0727. The molecule has 0 atom stereocenters. The molecular weight excluding hydrogens is 190 g/mol. The van der Waals surface area contributed by atoms with E-state index in [1.807, 2.05) is 0 Å². The number of hydrogen-bond acceptors (Lipinski definition) is 3. The summed E-state index contributed by atoms with van der Waals surface area (Å²) in [7, 11) is 0. The average Bonchev–Trinajstić information content (AvgIpc) is 2.16. The summed E-state index contributed by atoms with van der Waals surface area (Å²) in [6, 6.07) is 2.83. The first-order chi connectivity index (χ1) is 6.60. The van der Waals surface area contributed by atoms with Gasteiger partial charge in [0.15, 0.2) is 0 Å². The number of aryl methyl sites for hydroxylation is 1. The van der Waals surface area contributed by atoms with Crippen molar-refractivity contribution in [1.29, 1.82) is 5.26 Å². The number of pyridine rings is 1. The van der Waals surface area contributed by atoms with Crippen LogP contribution in [-0.2, 0) is 6.61 Å². The lowest BCUT2D eigenvalue weighted by atomic mass is 10.1. The molecular formula is C9H8F2N2O. The summed E-state index contributed by atoms with van der Waals surface area (Å²) in [5.41, 5.74) is 0.00426. The molecule has 1 aromatic heterocycles. The van der Waals surface area contributed by atoms with Crippen LogP contribution in [0.1, 0.15) is 28.9 Å². The van der Waals surface area contributed by atoms with Gasteiger partial charge in [0, 0.05) is 5.56 Å². The van der Waals surface area contributed by atoms with Crippen molar-refractivity contribution in [2.75, 3.05) is 0 Å². The van der Waals surface area contributed by atoms with Gasteiger partial charge in [-0.25, -0.2) is 8.78 Å². The molecule has 0 radical (unpaired) electrons. The first-order valence-corrected chi connectivity index (χ1v) is 3.89. The maximum Gasteiger partial charge on any atom is 0.265 e. The second kappa shape index (κ2) is 4.11. The van der Waals surface area contributed by atoms with Crippen LogP contribution in [-0.4, -0.2) is 10.1 Å². The Kier molecular flexibility index (Phi) is 3.10. The number of alkyl halides is 2. The highest BCUT2D eigenvalue weighted by atomic mass is 19.3. The van der Waals surface area contributed by atoms with Crippen LogP contribution in [0.3, 0.4) is 0 Å². The van der Waals surface area contributed by atoms with E-state index in [4.69, 9.17) is 10.4 Å². The molecule has 0 bridgehead atoms. The Labute approximate surface area is 79.6 Å². The minimum atomic E-state index is -2.72. The molecule has 0 saturated carbocycles. The fraction of sp³-hybridized carbons (Fsp3) is 0.333. The van der Waals surface area contributed by atoms with E-state index in [9.17, 15) is 8.78 Å². The molecule has 1 rings (SSSR count). The van der Waals surface area contributed by atoms with Gasteiger partial charge in [-0.2, -0.15) is 5.26 Å². The molecule has 0 aliphatic carbocycles. The number of halogens is 2. The maximum atomic E-state index is 12.4. The highest BCUT2D eigenvalue weighted by molar-refractivity contribution is 5.38. The zero-order valence-corrected chi connectivity index (χ0v) is 7.46. The van der Waals surface area contributed by atoms with E-state index in [2.05, 4.69) is 4.98 Å². The van der Waals surface area contributed by atoms with Crippen LogP contribution >= 0.6 is 0 Å². The van der Waals surface area contributed by atoms with Crippen molar-refractivity contribution in [3.05, 3.63) is 28.6 Å². The number of nitriles is 1. The van der Waals surface area contributed by atoms with Crippen molar-refractivity contribution in [2.24, 2.45) is 0 Å². The van der Waals surface area contributed by atoms with Gasteiger partial charge in [0.25, 0.3) is 6.43 Å². The maximum absolute atomic E-state index is 12.4. The Balaban J connectivity index is 3.34. The molecule has 1 N–H and O–H groups in total. The molecule has 0 spiro atoms. The van der Waals surface area contributed by atoms with Crippen LogP contribution in [0.25, 0.3) is 0 Å². The van der Waals surface area contributed by atoms with E-state index >= 15 is 0 Å². The minimum Gasteiger partial charge on any atom is -0.390 e. The number of hydrogen-bond donors (Lipinski definition) is 1. The summed E-state index contributed by atoms with van der Waals surface area (Å²) >= 11 is 0. The molecule has 14 heavy (non-hydrogen) atoms. The molecule has 0 aliphatic rings. The van der Waals surface area contributed by atoms with Crippen molar-refractivity contribution in [3.63, 3.8) is 0 Å². The van der Waals surface area contributed by atoms with Gasteiger partial charge >= 0.3 is 0 Å². The molecule has 5 heteroatoms. The van der Waals surface area contributed by atoms with Crippen molar-refractivity contribution in [2.45, 2.75) is 20.0 Å². The Morgan fingerprint density at radius 3 is 2.71 bits per heavy atom. The zero-order valence-electron chi connectivity index (χ0n) is 7.46. The monoisotopic (exact) mass is 198 g/mol. The number of aromatic nitrogens is 1. The Morgan fingerprint density at radius 2 is 2.29 bits per heavy atom. The quantitative estimate of drug-likeness (QED) is 0.786. The first-order valence-electron chi connectivity index (χ1n) is 3.89. The Bertz CT molecular complexity index is 385. The second-order valence-corrected chi connectivity index (χ2v) is 2.73. The smallest absolute Gasteiger partial charge is 0.265 e. The van der Waals surface area contributed by atoms with Gasteiger partial charge in [-0.05, 0) is 13.0 Å². The number of rotatable bonds is 2. The summed E-state index contributed by atoms with van der Waals surface area (Å²) in [5.74, 6) is 0. The van der Waals surface area contributed by atoms with Gasteiger partial charge in [-0.15, -0.1) is 0 Å². The van der Waals surface area contributed by atoms with Crippen LogP contribution in [0.2, 0.25) is 0 Å². The molecule has 0 aliphatic heterocycles. The molecule has 1 aromatic rings. The highest BCUT2D eigenvalue weighted by Gasteiger charge is 2.16. The molecule has 0 saturated heterocycles. The zero-order chi connectivity index (χ0) is 10.7. The molecule has 1 heterocycles. The highest BCUT2D eigenvalue weighted by Crippen LogP contribution is 2.23. The largest absolute Gasteiger partial charge is 0.390 e. The third kappa shape index (κ3) is 1.86. The normalized spacial score (nSPS) is 10.3. The third-order valence-corrected chi connectivity index (χ3v) is 1.83. The van der Waals surface area contributed by atoms with Gasteiger partial charge in [0.05, 0.1) is 23.6 Å². The molecule has 3 nitrogen and oxygen atoms in total. The van der Waals surface area contributed by atoms with Crippen molar-refractivity contribution in [1.82, 2.24) is 4.98 Å². The number of aliphatic hydroxyl groups is 1. The molecule has 74 valence electrons. The van der Waals surface area contributed by atoms with E-state index in [0.717, 1.165) is 6.07 Å². The lowest BCUT2D eigenvalue weighted by molar-refractivity contribution is 0.146. The van der Waals surface area contributed by atoms with Gasteiger partial charge in [-0.3, -0.25) is 4.98 Å². The fourth-order valence-corrected chi connectivity index (χ4v) is 1.10. The first kappa shape index (κ1) is 10.5. The number of nitrogens with zero attached hydrogens (tertiary/aromatic N) is 2. The summed E-state index contributed by atoms with van der Waals surface area (Å²) < 4.78 is 24.8. The van der Waals surface area contributed by atoms with Crippen molar-refractivity contribution in [3.8, 4) is 6.07 Å². The van der Waals surface area contributed by atoms with E-state index in [0.29, 0.717) is 5.69 Å². The molecule has 0 unspecified atom stereocenters. The lowest BCUT2D eigenvalue weighted by Crippen LogP contribution is -2.02. The van der Waals surface area contributed by atoms with E-state index in [1.54, 1.807) is 6.07 Å². The van der Waals surface area contributed by atoms with Crippen molar-refractivity contribution < 1.29 is 13.9 Å². The summed E-state index contributed by atoms with van der Waals surface area (Å²) in [6.45, 7) is 0.985.